The summed E-state index contributed by atoms with van der Waals surface area (Å²) in [6.07, 6.45) is 0. The molecule has 0 saturated heterocycles. The largest absolute Gasteiger partial charge is 0.243 e. The number of halogens is 1. The van der Waals surface area contributed by atoms with Crippen LogP contribution in [0.5, 0.6) is 0 Å². The standard InChI is InChI=1S/C20H18FNO2S/c21-19-12-7-13-20(14-19)25(23,24)22(15-17-8-3-1-4-9-17)16-18-10-5-2-6-11-18/h1-14H,15-16H2. The van der Waals surface area contributed by atoms with Crippen LogP contribution in [0.25, 0.3) is 0 Å². The third kappa shape index (κ3) is 4.32. The molecule has 0 atom stereocenters. The Bertz CT molecular complexity index is 887. The monoisotopic (exact) mass is 355 g/mol. The van der Waals surface area contributed by atoms with E-state index in [2.05, 4.69) is 0 Å². The van der Waals surface area contributed by atoms with E-state index in [9.17, 15) is 12.8 Å². The maximum atomic E-state index is 13.5. The van der Waals surface area contributed by atoms with Gasteiger partial charge in [0.1, 0.15) is 5.82 Å². The fraction of sp³-hybridized carbons (Fsp3) is 0.100. The molecule has 0 amide bonds. The molecule has 0 bridgehead atoms. The Morgan fingerprint density at radius 3 is 1.72 bits per heavy atom. The molecule has 0 aromatic heterocycles. The van der Waals surface area contributed by atoms with Crippen molar-refractivity contribution in [3.8, 4) is 0 Å². The van der Waals surface area contributed by atoms with E-state index in [1.54, 1.807) is 0 Å². The molecule has 0 aliphatic heterocycles. The van der Waals surface area contributed by atoms with E-state index in [-0.39, 0.29) is 18.0 Å². The number of hydrogen-bond acceptors (Lipinski definition) is 2. The highest BCUT2D eigenvalue weighted by Gasteiger charge is 2.25. The number of benzene rings is 3. The van der Waals surface area contributed by atoms with Crippen molar-refractivity contribution < 1.29 is 12.8 Å². The van der Waals surface area contributed by atoms with Crippen LogP contribution in [0.1, 0.15) is 11.1 Å². The van der Waals surface area contributed by atoms with Gasteiger partial charge in [-0.2, -0.15) is 4.31 Å². The van der Waals surface area contributed by atoms with Gasteiger partial charge in [-0.3, -0.25) is 0 Å². The van der Waals surface area contributed by atoms with Crippen LogP contribution < -0.4 is 0 Å². The minimum atomic E-state index is -3.83. The molecule has 3 aromatic carbocycles. The summed E-state index contributed by atoms with van der Waals surface area (Å²) in [6.45, 7) is 0.434. The molecule has 0 aliphatic carbocycles. The van der Waals surface area contributed by atoms with Crippen molar-refractivity contribution in [1.29, 1.82) is 0 Å². The van der Waals surface area contributed by atoms with Gasteiger partial charge in [-0.05, 0) is 29.3 Å². The summed E-state index contributed by atoms with van der Waals surface area (Å²) in [5, 5.41) is 0. The van der Waals surface area contributed by atoms with Gasteiger partial charge in [-0.1, -0.05) is 66.7 Å². The van der Waals surface area contributed by atoms with Gasteiger partial charge in [-0.15, -0.1) is 0 Å². The fourth-order valence-corrected chi connectivity index (χ4v) is 4.02. The molecule has 0 spiro atoms. The third-order valence-corrected chi connectivity index (χ3v) is 5.63. The number of rotatable bonds is 6. The van der Waals surface area contributed by atoms with Crippen LogP contribution in [0.3, 0.4) is 0 Å². The Balaban J connectivity index is 1.97. The molecule has 128 valence electrons. The summed E-state index contributed by atoms with van der Waals surface area (Å²) in [4.78, 5) is -0.0423. The van der Waals surface area contributed by atoms with Crippen molar-refractivity contribution in [3.63, 3.8) is 0 Å². The summed E-state index contributed by atoms with van der Waals surface area (Å²) < 4.78 is 41.0. The summed E-state index contributed by atoms with van der Waals surface area (Å²) in [7, 11) is -3.83. The smallest absolute Gasteiger partial charge is 0.207 e. The third-order valence-electron chi connectivity index (χ3n) is 3.84. The lowest BCUT2D eigenvalue weighted by Gasteiger charge is -2.22. The Hall–Kier alpha value is -2.50. The van der Waals surface area contributed by atoms with E-state index in [1.165, 1.54) is 22.5 Å². The second-order valence-corrected chi connectivity index (χ2v) is 7.64. The molecule has 25 heavy (non-hydrogen) atoms. The minimum Gasteiger partial charge on any atom is -0.207 e. The Labute approximate surface area is 147 Å². The first-order chi connectivity index (χ1) is 12.1. The van der Waals surface area contributed by atoms with Crippen molar-refractivity contribution in [1.82, 2.24) is 4.31 Å². The molecule has 3 rings (SSSR count). The lowest BCUT2D eigenvalue weighted by Crippen LogP contribution is -2.30. The minimum absolute atomic E-state index is 0.0423. The average Bonchev–Trinajstić information content (AvgIpc) is 2.63. The predicted molar refractivity (Wildman–Crippen MR) is 95.7 cm³/mol. The Morgan fingerprint density at radius 2 is 1.24 bits per heavy atom. The van der Waals surface area contributed by atoms with Crippen LogP contribution in [0.2, 0.25) is 0 Å². The lowest BCUT2D eigenvalue weighted by molar-refractivity contribution is 0.400. The molecule has 0 fully saturated rings. The lowest BCUT2D eigenvalue weighted by atomic mass is 10.2. The van der Waals surface area contributed by atoms with E-state index in [0.29, 0.717) is 0 Å². The van der Waals surface area contributed by atoms with E-state index >= 15 is 0 Å². The van der Waals surface area contributed by atoms with Gasteiger partial charge in [0.25, 0.3) is 0 Å². The molecule has 5 heteroatoms. The first kappa shape index (κ1) is 17.3. The topological polar surface area (TPSA) is 37.4 Å². The molecule has 0 saturated carbocycles. The molecular formula is C20H18FNO2S. The van der Waals surface area contributed by atoms with Crippen LogP contribution in [-0.4, -0.2) is 12.7 Å². The van der Waals surface area contributed by atoms with Crippen molar-refractivity contribution in [2.45, 2.75) is 18.0 Å². The summed E-state index contributed by atoms with van der Waals surface area (Å²) >= 11 is 0. The normalized spacial score (nSPS) is 11.6. The van der Waals surface area contributed by atoms with Crippen LogP contribution in [0, 0.1) is 5.82 Å². The van der Waals surface area contributed by atoms with Crippen molar-refractivity contribution in [2.75, 3.05) is 0 Å². The van der Waals surface area contributed by atoms with E-state index in [1.807, 2.05) is 60.7 Å². The first-order valence-corrected chi connectivity index (χ1v) is 9.33. The molecule has 0 unspecified atom stereocenters. The van der Waals surface area contributed by atoms with Gasteiger partial charge >= 0.3 is 0 Å². The molecule has 0 radical (unpaired) electrons. The van der Waals surface area contributed by atoms with E-state index in [0.717, 1.165) is 17.2 Å². The summed E-state index contributed by atoms with van der Waals surface area (Å²) in [5.41, 5.74) is 1.75. The average molecular weight is 355 g/mol. The molecule has 0 heterocycles. The molecule has 3 nitrogen and oxygen atoms in total. The molecule has 3 aromatic rings. The van der Waals surface area contributed by atoms with Crippen LogP contribution in [0.4, 0.5) is 4.39 Å². The highest BCUT2D eigenvalue weighted by Crippen LogP contribution is 2.21. The van der Waals surface area contributed by atoms with Crippen molar-refractivity contribution in [2.24, 2.45) is 0 Å². The van der Waals surface area contributed by atoms with Gasteiger partial charge in [0.15, 0.2) is 0 Å². The maximum Gasteiger partial charge on any atom is 0.243 e. The predicted octanol–water partition coefficient (Wildman–Crippen LogP) is 4.22. The Morgan fingerprint density at radius 1 is 0.720 bits per heavy atom. The van der Waals surface area contributed by atoms with Gasteiger partial charge in [-0.25, -0.2) is 12.8 Å². The quantitative estimate of drug-likeness (QED) is 0.664. The highest BCUT2D eigenvalue weighted by molar-refractivity contribution is 7.89. The van der Waals surface area contributed by atoms with Gasteiger partial charge in [0.2, 0.25) is 10.0 Å². The van der Waals surface area contributed by atoms with Gasteiger partial charge < -0.3 is 0 Å². The highest BCUT2D eigenvalue weighted by atomic mass is 32.2. The van der Waals surface area contributed by atoms with Crippen molar-refractivity contribution >= 4 is 10.0 Å². The fourth-order valence-electron chi connectivity index (χ4n) is 2.58. The number of nitrogens with zero attached hydrogens (tertiary/aromatic N) is 1. The Kier molecular flexibility index (Phi) is 5.26. The summed E-state index contributed by atoms with van der Waals surface area (Å²) in [5.74, 6) is -0.569. The van der Waals surface area contributed by atoms with Gasteiger partial charge in [0, 0.05) is 13.1 Å². The SMILES string of the molecule is O=S(=O)(c1cccc(F)c1)N(Cc1ccccc1)Cc1ccccc1. The molecule has 0 aliphatic rings. The molecule has 0 N–H and O–H groups in total. The summed E-state index contributed by atoms with van der Waals surface area (Å²) in [6, 6.07) is 23.8. The zero-order valence-electron chi connectivity index (χ0n) is 13.5. The van der Waals surface area contributed by atoms with E-state index < -0.39 is 15.8 Å². The van der Waals surface area contributed by atoms with Crippen LogP contribution in [0.15, 0.2) is 89.8 Å². The second-order valence-electron chi connectivity index (χ2n) is 5.70. The van der Waals surface area contributed by atoms with Crippen molar-refractivity contribution in [3.05, 3.63) is 102 Å². The first-order valence-electron chi connectivity index (χ1n) is 7.89. The zero-order valence-corrected chi connectivity index (χ0v) is 14.4. The number of sulfonamides is 1. The number of hydrogen-bond donors (Lipinski definition) is 0. The zero-order chi connectivity index (χ0) is 17.7. The maximum absolute atomic E-state index is 13.5. The van der Waals surface area contributed by atoms with E-state index in [4.69, 9.17) is 0 Å². The molecular weight excluding hydrogens is 337 g/mol. The van der Waals surface area contributed by atoms with Gasteiger partial charge in [0.05, 0.1) is 4.90 Å². The van der Waals surface area contributed by atoms with Crippen LogP contribution in [-0.2, 0) is 23.1 Å². The van der Waals surface area contributed by atoms with Crippen LogP contribution >= 0.6 is 0 Å². The second kappa shape index (κ2) is 7.59.